The van der Waals surface area contributed by atoms with E-state index in [4.69, 9.17) is 14.2 Å². The Morgan fingerprint density at radius 2 is 1.62 bits per heavy atom. The van der Waals surface area contributed by atoms with E-state index in [-0.39, 0.29) is 23.0 Å². The molecule has 2 aromatic carbocycles. The minimum Gasteiger partial charge on any atom is -0.497 e. The molecule has 0 bridgehead atoms. The molecule has 1 aliphatic rings. The van der Waals surface area contributed by atoms with Gasteiger partial charge in [-0.05, 0) is 31.2 Å². The highest BCUT2D eigenvalue weighted by molar-refractivity contribution is 8.13. The van der Waals surface area contributed by atoms with Crippen molar-refractivity contribution in [2.75, 3.05) is 32.4 Å². The van der Waals surface area contributed by atoms with Crippen molar-refractivity contribution in [2.24, 2.45) is 5.41 Å². The fourth-order valence-electron chi connectivity index (χ4n) is 4.54. The second kappa shape index (κ2) is 13.5. The van der Waals surface area contributed by atoms with Crippen molar-refractivity contribution in [1.82, 2.24) is 5.32 Å². The average Bonchev–Trinajstić information content (AvgIpc) is 2.91. The molecule has 9 heteroatoms. The number of methoxy groups -OCH3 is 3. The van der Waals surface area contributed by atoms with Gasteiger partial charge in [-0.1, -0.05) is 42.1 Å². The molecule has 0 aliphatic heterocycles. The standard InChI is InChI=1S/C28H36N2O6S/c1-19(31)37-18-28(12-10-22(34-2)11-13-28)27(33)30-25(14-20-8-6-5-7-9-20)26(32)29-21-15-23(35-3)17-24(16-21)36-4/h5-9,15-17,22,25H,10-14,18H2,1-4H3,(H,29,32)(H,30,33)/t22?,25-,28?/m0/s1. The van der Waals surface area contributed by atoms with E-state index in [0.717, 1.165) is 30.2 Å². The molecule has 2 N–H and O–H groups in total. The van der Waals surface area contributed by atoms with Crippen molar-refractivity contribution >= 4 is 34.4 Å². The van der Waals surface area contributed by atoms with Crippen LogP contribution in [-0.4, -0.2) is 56.2 Å². The van der Waals surface area contributed by atoms with Gasteiger partial charge in [0, 0.05) is 50.1 Å². The zero-order valence-electron chi connectivity index (χ0n) is 21.9. The molecule has 0 unspecified atom stereocenters. The third-order valence-corrected chi connectivity index (χ3v) is 7.88. The number of hydrogen-bond donors (Lipinski definition) is 2. The van der Waals surface area contributed by atoms with Crippen molar-refractivity contribution in [2.45, 2.75) is 51.2 Å². The van der Waals surface area contributed by atoms with Gasteiger partial charge in [0.25, 0.3) is 0 Å². The van der Waals surface area contributed by atoms with Gasteiger partial charge in [0.1, 0.15) is 17.5 Å². The number of anilines is 1. The van der Waals surface area contributed by atoms with Crippen LogP contribution in [-0.2, 0) is 25.5 Å². The van der Waals surface area contributed by atoms with Gasteiger partial charge in [-0.3, -0.25) is 14.4 Å². The van der Waals surface area contributed by atoms with Gasteiger partial charge in [-0.15, -0.1) is 0 Å². The van der Waals surface area contributed by atoms with E-state index in [1.807, 2.05) is 30.3 Å². The van der Waals surface area contributed by atoms with E-state index in [1.165, 1.54) is 21.1 Å². The summed E-state index contributed by atoms with van der Waals surface area (Å²) in [5, 5.41) is 5.90. The Kier molecular flexibility index (Phi) is 10.4. The van der Waals surface area contributed by atoms with Gasteiger partial charge in [0.2, 0.25) is 11.8 Å². The summed E-state index contributed by atoms with van der Waals surface area (Å²) in [5.74, 6) is 0.876. The first kappa shape index (κ1) is 28.5. The summed E-state index contributed by atoms with van der Waals surface area (Å²) in [7, 11) is 4.75. The summed E-state index contributed by atoms with van der Waals surface area (Å²) in [6.07, 6.45) is 3.03. The van der Waals surface area contributed by atoms with Crippen molar-refractivity contribution in [3.05, 3.63) is 54.1 Å². The van der Waals surface area contributed by atoms with E-state index in [0.29, 0.717) is 42.2 Å². The van der Waals surface area contributed by atoms with Crippen molar-refractivity contribution in [1.29, 1.82) is 0 Å². The lowest BCUT2D eigenvalue weighted by Gasteiger charge is -2.39. The maximum atomic E-state index is 13.8. The maximum absolute atomic E-state index is 13.8. The summed E-state index contributed by atoms with van der Waals surface area (Å²) < 4.78 is 16.1. The fourth-order valence-corrected chi connectivity index (χ4v) is 5.44. The molecule has 1 atom stereocenters. The minimum atomic E-state index is -0.827. The number of rotatable bonds is 11. The second-order valence-corrected chi connectivity index (χ2v) is 10.5. The summed E-state index contributed by atoms with van der Waals surface area (Å²) in [6, 6.07) is 13.8. The van der Waals surface area contributed by atoms with E-state index in [2.05, 4.69) is 10.6 Å². The van der Waals surface area contributed by atoms with Gasteiger partial charge in [-0.25, -0.2) is 0 Å². The number of amides is 2. The highest BCUT2D eigenvalue weighted by Gasteiger charge is 2.43. The molecule has 0 radical (unpaired) electrons. The van der Waals surface area contributed by atoms with Crippen LogP contribution in [0.1, 0.15) is 38.2 Å². The van der Waals surface area contributed by atoms with Crippen LogP contribution in [0.15, 0.2) is 48.5 Å². The highest BCUT2D eigenvalue weighted by Crippen LogP contribution is 2.40. The number of carbonyl (C=O) groups excluding carboxylic acids is 3. The molecule has 3 rings (SSSR count). The summed E-state index contributed by atoms with van der Waals surface area (Å²) >= 11 is 1.16. The molecule has 0 heterocycles. The quantitative estimate of drug-likeness (QED) is 0.450. The number of ether oxygens (including phenoxy) is 3. The molecule has 1 aliphatic carbocycles. The summed E-state index contributed by atoms with van der Waals surface area (Å²) in [6.45, 7) is 1.51. The first-order chi connectivity index (χ1) is 17.8. The highest BCUT2D eigenvalue weighted by atomic mass is 32.2. The van der Waals surface area contributed by atoms with E-state index < -0.39 is 11.5 Å². The third-order valence-electron chi connectivity index (χ3n) is 6.78. The number of thioether (sulfide) groups is 1. The maximum Gasteiger partial charge on any atom is 0.247 e. The fraction of sp³-hybridized carbons (Fsp3) is 0.464. The van der Waals surface area contributed by atoms with Gasteiger partial charge >= 0.3 is 0 Å². The number of benzene rings is 2. The van der Waals surface area contributed by atoms with Crippen molar-refractivity contribution in [3.63, 3.8) is 0 Å². The summed E-state index contributed by atoms with van der Waals surface area (Å²) in [5.41, 5.74) is 0.664. The van der Waals surface area contributed by atoms with Gasteiger partial charge < -0.3 is 24.8 Å². The first-order valence-electron chi connectivity index (χ1n) is 12.3. The SMILES string of the molecule is COc1cc(NC(=O)[C@H](Cc2ccccc2)NC(=O)C2(CSC(C)=O)CCC(OC)CC2)cc(OC)c1. The molecule has 0 aromatic heterocycles. The monoisotopic (exact) mass is 528 g/mol. The zero-order valence-corrected chi connectivity index (χ0v) is 22.7. The van der Waals surface area contributed by atoms with Crippen LogP contribution in [0.4, 0.5) is 5.69 Å². The number of nitrogens with one attached hydrogen (secondary N) is 2. The molecule has 200 valence electrons. The molecule has 8 nitrogen and oxygen atoms in total. The van der Waals surface area contributed by atoms with Crippen molar-refractivity contribution < 1.29 is 28.6 Å². The van der Waals surface area contributed by atoms with E-state index in [9.17, 15) is 14.4 Å². The molecular formula is C28H36N2O6S. The molecule has 2 amide bonds. The minimum absolute atomic E-state index is 0.0356. The van der Waals surface area contributed by atoms with Crippen LogP contribution in [0.5, 0.6) is 11.5 Å². The van der Waals surface area contributed by atoms with E-state index in [1.54, 1.807) is 25.3 Å². The normalized spacial score (nSPS) is 19.9. The Morgan fingerprint density at radius 1 is 1.00 bits per heavy atom. The lowest BCUT2D eigenvalue weighted by molar-refractivity contribution is -0.136. The molecule has 1 saturated carbocycles. The van der Waals surface area contributed by atoms with Gasteiger partial charge in [0.15, 0.2) is 5.12 Å². The van der Waals surface area contributed by atoms with Crippen LogP contribution in [0.3, 0.4) is 0 Å². The van der Waals surface area contributed by atoms with E-state index >= 15 is 0 Å². The van der Waals surface area contributed by atoms with Crippen LogP contribution in [0.2, 0.25) is 0 Å². The molecule has 37 heavy (non-hydrogen) atoms. The topological polar surface area (TPSA) is 103 Å². The largest absolute Gasteiger partial charge is 0.497 e. The zero-order chi connectivity index (χ0) is 26.8. The predicted molar refractivity (Wildman–Crippen MR) is 145 cm³/mol. The third kappa shape index (κ3) is 7.97. The Bertz CT molecular complexity index is 1050. The molecular weight excluding hydrogens is 492 g/mol. The Morgan fingerprint density at radius 3 is 2.16 bits per heavy atom. The molecule has 0 spiro atoms. The Hall–Kier alpha value is -3.04. The second-order valence-electron chi connectivity index (χ2n) is 9.30. The predicted octanol–water partition coefficient (Wildman–Crippen LogP) is 4.22. The smallest absolute Gasteiger partial charge is 0.247 e. The average molecular weight is 529 g/mol. The van der Waals surface area contributed by atoms with Gasteiger partial charge in [-0.2, -0.15) is 0 Å². The number of hydrogen-bond acceptors (Lipinski definition) is 7. The first-order valence-corrected chi connectivity index (χ1v) is 13.3. The van der Waals surface area contributed by atoms with Crippen molar-refractivity contribution in [3.8, 4) is 11.5 Å². The molecule has 2 aromatic rings. The van der Waals surface area contributed by atoms with Crippen LogP contribution >= 0.6 is 11.8 Å². The van der Waals surface area contributed by atoms with Crippen LogP contribution in [0, 0.1) is 5.41 Å². The molecule has 0 saturated heterocycles. The summed E-state index contributed by atoms with van der Waals surface area (Å²) in [4.78, 5) is 39.1. The van der Waals surface area contributed by atoms with Crippen LogP contribution < -0.4 is 20.1 Å². The number of carbonyl (C=O) groups is 3. The molecule has 1 fully saturated rings. The Labute approximate surface area is 222 Å². The lowest BCUT2D eigenvalue weighted by Crippen LogP contribution is -2.53. The van der Waals surface area contributed by atoms with Gasteiger partial charge in [0.05, 0.1) is 25.7 Å². The lowest BCUT2D eigenvalue weighted by atomic mass is 9.73. The Balaban J connectivity index is 1.85. The van der Waals surface area contributed by atoms with Crippen LogP contribution in [0.25, 0.3) is 0 Å².